The Balaban J connectivity index is 1.87. The third kappa shape index (κ3) is 4.70. The fraction of sp³-hybridized carbons (Fsp3) is 0.320. The number of rotatable bonds is 9. The highest BCUT2D eigenvalue weighted by Crippen LogP contribution is 2.28. The number of nitrogens with zero attached hydrogens (tertiary/aromatic N) is 2. The highest BCUT2D eigenvalue weighted by molar-refractivity contribution is 5.95. The molecule has 0 atom stereocenters. The van der Waals surface area contributed by atoms with Gasteiger partial charge in [-0.25, -0.2) is 0 Å². The van der Waals surface area contributed by atoms with E-state index in [-0.39, 0.29) is 5.91 Å². The number of hydrogen-bond acceptors (Lipinski definition) is 2. The Kier molecular flexibility index (Phi) is 6.76. The second kappa shape index (κ2) is 9.46. The first-order valence-corrected chi connectivity index (χ1v) is 10.4. The van der Waals surface area contributed by atoms with Crippen molar-refractivity contribution in [1.29, 1.82) is 0 Å². The molecule has 3 aromatic rings. The molecule has 0 saturated heterocycles. The molecule has 0 aliphatic heterocycles. The van der Waals surface area contributed by atoms with E-state index in [4.69, 9.17) is 5.73 Å². The first-order chi connectivity index (χ1) is 14.0. The first kappa shape index (κ1) is 20.7. The summed E-state index contributed by atoms with van der Waals surface area (Å²) in [6.45, 7) is 9.13. The van der Waals surface area contributed by atoms with Gasteiger partial charge in [0, 0.05) is 36.7 Å². The van der Waals surface area contributed by atoms with Crippen molar-refractivity contribution in [2.24, 2.45) is 5.73 Å². The summed E-state index contributed by atoms with van der Waals surface area (Å²) in [4.78, 5) is 14.3. The van der Waals surface area contributed by atoms with E-state index in [1.807, 2.05) is 19.1 Å². The summed E-state index contributed by atoms with van der Waals surface area (Å²) in [6, 6.07) is 21.0. The van der Waals surface area contributed by atoms with Crippen LogP contribution in [0.15, 0.2) is 60.7 Å². The number of nitrogens with two attached hydrogens (primary N) is 1. The average Bonchev–Trinajstić information content (AvgIpc) is 3.07. The molecule has 2 N–H and O–H groups in total. The fourth-order valence-electron chi connectivity index (χ4n) is 3.94. The van der Waals surface area contributed by atoms with Crippen molar-refractivity contribution in [1.82, 2.24) is 4.57 Å². The predicted molar refractivity (Wildman–Crippen MR) is 121 cm³/mol. The molecular weight excluding hydrogens is 358 g/mol. The number of anilines is 1. The molecule has 4 heteroatoms. The lowest BCUT2D eigenvalue weighted by atomic mass is 10.1. The molecule has 4 nitrogen and oxygen atoms in total. The highest BCUT2D eigenvalue weighted by Gasteiger charge is 2.17. The minimum absolute atomic E-state index is 0.370. The molecule has 0 unspecified atom stereocenters. The minimum atomic E-state index is -0.370. The minimum Gasteiger partial charge on any atom is -0.372 e. The SMILES string of the molecule is CCN(CC)c1ccc(-c2cc(C(N)=O)c(C)n2CCCc2ccccc2)cc1. The number of carbonyl (C=O) groups excluding carboxylic acids is 1. The molecule has 1 aromatic heterocycles. The normalized spacial score (nSPS) is 10.9. The quantitative estimate of drug-likeness (QED) is 0.557. The van der Waals surface area contributed by atoms with Gasteiger partial charge in [-0.05, 0) is 62.9 Å². The number of aromatic nitrogens is 1. The summed E-state index contributed by atoms with van der Waals surface area (Å²) in [5.74, 6) is -0.370. The highest BCUT2D eigenvalue weighted by atomic mass is 16.1. The average molecular weight is 390 g/mol. The molecule has 3 rings (SSSR count). The smallest absolute Gasteiger partial charge is 0.250 e. The second-order valence-electron chi connectivity index (χ2n) is 7.35. The Morgan fingerprint density at radius 1 is 1.00 bits per heavy atom. The standard InChI is InChI=1S/C25H31N3O/c1-4-27(5-2)22-15-13-21(14-16-22)24-18-23(25(26)29)19(3)28(24)17-9-12-20-10-7-6-8-11-20/h6-8,10-11,13-16,18H,4-5,9,12,17H2,1-3H3,(H2,26,29). The van der Waals surface area contributed by atoms with E-state index in [0.29, 0.717) is 5.56 Å². The molecule has 0 fully saturated rings. The van der Waals surface area contributed by atoms with E-state index in [1.54, 1.807) is 0 Å². The van der Waals surface area contributed by atoms with Gasteiger partial charge in [-0.1, -0.05) is 42.5 Å². The summed E-state index contributed by atoms with van der Waals surface area (Å²) >= 11 is 0. The maximum Gasteiger partial charge on any atom is 0.250 e. The third-order valence-electron chi connectivity index (χ3n) is 5.61. The van der Waals surface area contributed by atoms with Gasteiger partial charge in [-0.15, -0.1) is 0 Å². The molecule has 0 radical (unpaired) electrons. The van der Waals surface area contributed by atoms with Crippen LogP contribution in [-0.2, 0) is 13.0 Å². The van der Waals surface area contributed by atoms with Crippen molar-refractivity contribution < 1.29 is 4.79 Å². The Morgan fingerprint density at radius 2 is 1.66 bits per heavy atom. The number of hydrogen-bond donors (Lipinski definition) is 1. The lowest BCUT2D eigenvalue weighted by molar-refractivity contribution is 0.0999. The molecule has 29 heavy (non-hydrogen) atoms. The Bertz CT molecular complexity index is 938. The van der Waals surface area contributed by atoms with Crippen LogP contribution in [0.1, 0.15) is 41.9 Å². The van der Waals surface area contributed by atoms with Gasteiger partial charge in [0.05, 0.1) is 5.56 Å². The molecule has 0 bridgehead atoms. The van der Waals surface area contributed by atoms with Gasteiger partial charge in [0.25, 0.3) is 5.91 Å². The van der Waals surface area contributed by atoms with Crippen molar-refractivity contribution in [2.75, 3.05) is 18.0 Å². The summed E-state index contributed by atoms with van der Waals surface area (Å²) in [5.41, 5.74) is 11.9. The van der Waals surface area contributed by atoms with Crippen LogP contribution >= 0.6 is 0 Å². The summed E-state index contributed by atoms with van der Waals surface area (Å²) in [5, 5.41) is 0. The van der Waals surface area contributed by atoms with Crippen molar-refractivity contribution in [2.45, 2.75) is 40.2 Å². The molecule has 0 saturated carbocycles. The molecular formula is C25H31N3O. The van der Waals surface area contributed by atoms with E-state index in [9.17, 15) is 4.79 Å². The van der Waals surface area contributed by atoms with Gasteiger partial charge in [0.15, 0.2) is 0 Å². The van der Waals surface area contributed by atoms with E-state index in [2.05, 4.69) is 71.8 Å². The van der Waals surface area contributed by atoms with Gasteiger partial charge in [-0.3, -0.25) is 4.79 Å². The Labute approximate surface area is 174 Å². The number of primary amides is 1. The van der Waals surface area contributed by atoms with Crippen LogP contribution in [0.25, 0.3) is 11.3 Å². The molecule has 1 amide bonds. The largest absolute Gasteiger partial charge is 0.372 e. The van der Waals surface area contributed by atoms with Gasteiger partial charge in [0.2, 0.25) is 0 Å². The second-order valence-corrected chi connectivity index (χ2v) is 7.35. The summed E-state index contributed by atoms with van der Waals surface area (Å²) in [6.07, 6.45) is 2.01. The molecule has 1 heterocycles. The van der Waals surface area contributed by atoms with Gasteiger partial charge >= 0.3 is 0 Å². The van der Waals surface area contributed by atoms with Gasteiger partial charge in [-0.2, -0.15) is 0 Å². The number of benzene rings is 2. The van der Waals surface area contributed by atoms with Crippen molar-refractivity contribution in [3.05, 3.63) is 77.5 Å². The molecule has 152 valence electrons. The molecule has 0 aliphatic rings. The maximum absolute atomic E-state index is 11.9. The zero-order valence-corrected chi connectivity index (χ0v) is 17.7. The van der Waals surface area contributed by atoms with Crippen LogP contribution in [0.2, 0.25) is 0 Å². The summed E-state index contributed by atoms with van der Waals surface area (Å²) in [7, 11) is 0. The van der Waals surface area contributed by atoms with E-state index in [0.717, 1.165) is 49.4 Å². The molecule has 2 aromatic carbocycles. The van der Waals surface area contributed by atoms with Crippen LogP contribution in [0.5, 0.6) is 0 Å². The maximum atomic E-state index is 11.9. The van der Waals surface area contributed by atoms with E-state index >= 15 is 0 Å². The lowest BCUT2D eigenvalue weighted by Crippen LogP contribution is -2.21. The molecule has 0 aliphatic carbocycles. The van der Waals surface area contributed by atoms with Crippen LogP contribution in [0.4, 0.5) is 5.69 Å². The third-order valence-corrected chi connectivity index (χ3v) is 5.61. The van der Waals surface area contributed by atoms with Crippen molar-refractivity contribution in [3.63, 3.8) is 0 Å². The van der Waals surface area contributed by atoms with Crippen LogP contribution in [0, 0.1) is 6.92 Å². The topological polar surface area (TPSA) is 51.3 Å². The number of amides is 1. The Hall–Kier alpha value is -3.01. The number of carbonyl (C=O) groups is 1. The lowest BCUT2D eigenvalue weighted by Gasteiger charge is -2.21. The predicted octanol–water partition coefficient (Wildman–Crippen LogP) is 5.04. The number of aryl methyl sites for hydroxylation is 1. The fourth-order valence-corrected chi connectivity index (χ4v) is 3.94. The summed E-state index contributed by atoms with van der Waals surface area (Å²) < 4.78 is 2.23. The van der Waals surface area contributed by atoms with Crippen LogP contribution in [0.3, 0.4) is 0 Å². The van der Waals surface area contributed by atoms with E-state index in [1.165, 1.54) is 11.3 Å². The van der Waals surface area contributed by atoms with Crippen LogP contribution < -0.4 is 10.6 Å². The molecule has 0 spiro atoms. The zero-order chi connectivity index (χ0) is 20.8. The monoisotopic (exact) mass is 389 g/mol. The van der Waals surface area contributed by atoms with Gasteiger partial charge in [0.1, 0.15) is 0 Å². The van der Waals surface area contributed by atoms with Gasteiger partial charge < -0.3 is 15.2 Å². The Morgan fingerprint density at radius 3 is 2.24 bits per heavy atom. The first-order valence-electron chi connectivity index (χ1n) is 10.4. The van der Waals surface area contributed by atoms with E-state index < -0.39 is 0 Å². The van der Waals surface area contributed by atoms with Crippen LogP contribution in [-0.4, -0.2) is 23.6 Å². The van der Waals surface area contributed by atoms with Crippen molar-refractivity contribution in [3.8, 4) is 11.3 Å². The zero-order valence-electron chi connectivity index (χ0n) is 17.7. The van der Waals surface area contributed by atoms with Crippen molar-refractivity contribution >= 4 is 11.6 Å².